The van der Waals surface area contributed by atoms with Gasteiger partial charge in [0.15, 0.2) is 4.90 Å². The van der Waals surface area contributed by atoms with Crippen LogP contribution >= 0.6 is 0 Å². The second kappa shape index (κ2) is 6.41. The van der Waals surface area contributed by atoms with Gasteiger partial charge in [0.1, 0.15) is 17.5 Å². The van der Waals surface area contributed by atoms with Crippen LogP contribution in [0.25, 0.3) is 0 Å². The fraction of sp³-hybridized carbons (Fsp3) is 0.600. The van der Waals surface area contributed by atoms with Gasteiger partial charge < -0.3 is 5.32 Å². The van der Waals surface area contributed by atoms with E-state index in [-0.39, 0.29) is 13.1 Å². The van der Waals surface area contributed by atoms with Crippen LogP contribution < -0.4 is 5.32 Å². The number of hydrogen-bond acceptors (Lipinski definition) is 3. The highest BCUT2D eigenvalue weighted by Gasteiger charge is 2.36. The van der Waals surface area contributed by atoms with E-state index in [9.17, 15) is 21.6 Å². The standard InChI is InChI=1S/C15H19F3N2O2S/c16-11-8-12(17)15(13(18)9-11)23(21,22)20-6-3-10(4-7-20)14-2-1-5-19-14/h8-10,14,19H,1-7H2. The molecule has 0 aromatic heterocycles. The summed E-state index contributed by atoms with van der Waals surface area (Å²) in [5.41, 5.74) is 0. The lowest BCUT2D eigenvalue weighted by Gasteiger charge is -2.34. The molecule has 3 rings (SSSR count). The molecule has 1 aromatic rings. The summed E-state index contributed by atoms with van der Waals surface area (Å²) in [5, 5.41) is 3.41. The third-order valence-corrected chi connectivity index (χ3v) is 6.68. The maximum Gasteiger partial charge on any atom is 0.248 e. The Labute approximate surface area is 133 Å². The Morgan fingerprint density at radius 3 is 2.17 bits per heavy atom. The van der Waals surface area contributed by atoms with Crippen LogP contribution in [0.5, 0.6) is 0 Å². The Morgan fingerprint density at radius 2 is 1.65 bits per heavy atom. The predicted molar refractivity (Wildman–Crippen MR) is 78.8 cm³/mol. The number of hydrogen-bond donors (Lipinski definition) is 1. The first-order valence-electron chi connectivity index (χ1n) is 7.77. The van der Waals surface area contributed by atoms with Crippen molar-refractivity contribution < 1.29 is 21.6 Å². The van der Waals surface area contributed by atoms with Crippen molar-refractivity contribution in [2.24, 2.45) is 5.92 Å². The van der Waals surface area contributed by atoms with Gasteiger partial charge in [0.2, 0.25) is 10.0 Å². The minimum absolute atomic E-state index is 0.224. The second-order valence-corrected chi connectivity index (χ2v) is 8.02. The van der Waals surface area contributed by atoms with Gasteiger partial charge in [-0.3, -0.25) is 0 Å². The molecule has 23 heavy (non-hydrogen) atoms. The van der Waals surface area contributed by atoms with Gasteiger partial charge in [-0.1, -0.05) is 0 Å². The fourth-order valence-electron chi connectivity index (χ4n) is 3.54. The van der Waals surface area contributed by atoms with E-state index >= 15 is 0 Å². The van der Waals surface area contributed by atoms with E-state index in [1.165, 1.54) is 0 Å². The molecule has 8 heteroatoms. The maximum atomic E-state index is 13.8. The number of nitrogens with one attached hydrogen (secondary N) is 1. The fourth-order valence-corrected chi connectivity index (χ4v) is 5.10. The Balaban J connectivity index is 1.77. The van der Waals surface area contributed by atoms with Crippen molar-refractivity contribution in [2.75, 3.05) is 19.6 Å². The lowest BCUT2D eigenvalue weighted by atomic mass is 9.89. The molecule has 2 heterocycles. The highest BCUT2D eigenvalue weighted by atomic mass is 32.2. The Morgan fingerprint density at radius 1 is 1.04 bits per heavy atom. The van der Waals surface area contributed by atoms with E-state index in [1.807, 2.05) is 0 Å². The van der Waals surface area contributed by atoms with Gasteiger partial charge in [0.25, 0.3) is 0 Å². The lowest BCUT2D eigenvalue weighted by molar-refractivity contribution is 0.233. The van der Waals surface area contributed by atoms with Gasteiger partial charge in [-0.2, -0.15) is 4.31 Å². The zero-order chi connectivity index (χ0) is 16.6. The van der Waals surface area contributed by atoms with Crippen molar-refractivity contribution in [3.63, 3.8) is 0 Å². The van der Waals surface area contributed by atoms with Crippen LogP contribution in [0.4, 0.5) is 13.2 Å². The molecule has 0 radical (unpaired) electrons. The summed E-state index contributed by atoms with van der Waals surface area (Å²) in [6, 6.07) is 1.19. The number of halogens is 3. The third kappa shape index (κ3) is 3.25. The van der Waals surface area contributed by atoms with Crippen LogP contribution in [0.3, 0.4) is 0 Å². The molecule has 1 atom stereocenters. The third-order valence-electron chi connectivity index (χ3n) is 4.73. The average Bonchev–Trinajstić information content (AvgIpc) is 3.00. The predicted octanol–water partition coefficient (Wildman–Crippen LogP) is 2.26. The van der Waals surface area contributed by atoms with E-state index in [1.54, 1.807) is 0 Å². The van der Waals surface area contributed by atoms with E-state index < -0.39 is 32.4 Å². The first-order chi connectivity index (χ1) is 10.9. The van der Waals surface area contributed by atoms with Crippen LogP contribution in [0, 0.1) is 23.4 Å². The van der Waals surface area contributed by atoms with E-state index in [0.29, 0.717) is 36.9 Å². The van der Waals surface area contributed by atoms with Crippen LogP contribution in [0.15, 0.2) is 17.0 Å². The molecule has 4 nitrogen and oxygen atoms in total. The Bertz CT molecular complexity index is 659. The lowest BCUT2D eigenvalue weighted by Crippen LogP contribution is -2.43. The van der Waals surface area contributed by atoms with Gasteiger partial charge in [-0.25, -0.2) is 21.6 Å². The van der Waals surface area contributed by atoms with Crippen LogP contribution in [-0.4, -0.2) is 38.4 Å². The summed E-state index contributed by atoms with van der Waals surface area (Å²) < 4.78 is 66.6. The van der Waals surface area contributed by atoms with Gasteiger partial charge >= 0.3 is 0 Å². The van der Waals surface area contributed by atoms with Crippen molar-refractivity contribution in [1.29, 1.82) is 0 Å². The first-order valence-corrected chi connectivity index (χ1v) is 9.21. The Kier molecular flexibility index (Phi) is 4.66. The smallest absolute Gasteiger partial charge is 0.248 e. The van der Waals surface area contributed by atoms with Crippen molar-refractivity contribution in [2.45, 2.75) is 36.6 Å². The van der Waals surface area contributed by atoms with Gasteiger partial charge in [-0.05, 0) is 38.1 Å². The SMILES string of the molecule is O=S(=O)(c1c(F)cc(F)cc1F)N1CCC(C2CCCN2)CC1. The summed E-state index contributed by atoms with van der Waals surface area (Å²) >= 11 is 0. The molecule has 2 aliphatic heterocycles. The van der Waals surface area contributed by atoms with Gasteiger partial charge in [-0.15, -0.1) is 0 Å². The monoisotopic (exact) mass is 348 g/mol. The van der Waals surface area contributed by atoms with Gasteiger partial charge in [0.05, 0.1) is 0 Å². The van der Waals surface area contributed by atoms with Crippen molar-refractivity contribution in [3.05, 3.63) is 29.6 Å². The molecule has 2 fully saturated rings. The highest BCUT2D eigenvalue weighted by molar-refractivity contribution is 7.89. The molecule has 1 N–H and O–H groups in total. The molecule has 2 aliphatic rings. The van der Waals surface area contributed by atoms with Crippen LogP contribution in [-0.2, 0) is 10.0 Å². The number of sulfonamides is 1. The average molecular weight is 348 g/mol. The number of nitrogens with zero attached hydrogens (tertiary/aromatic N) is 1. The molecule has 1 aromatic carbocycles. The molecular formula is C15H19F3N2O2S. The zero-order valence-corrected chi connectivity index (χ0v) is 13.4. The topological polar surface area (TPSA) is 49.4 Å². The highest BCUT2D eigenvalue weighted by Crippen LogP contribution is 2.30. The summed E-state index contributed by atoms with van der Waals surface area (Å²) in [6.45, 7) is 1.43. The number of rotatable bonds is 3. The normalized spacial score (nSPS) is 24.2. The number of benzene rings is 1. The van der Waals surface area contributed by atoms with Crippen LogP contribution in [0.2, 0.25) is 0 Å². The molecule has 0 saturated carbocycles. The molecule has 0 amide bonds. The molecule has 0 bridgehead atoms. The Hall–Kier alpha value is -1.12. The van der Waals surface area contributed by atoms with Crippen molar-refractivity contribution in [3.8, 4) is 0 Å². The summed E-state index contributed by atoms with van der Waals surface area (Å²) in [5.74, 6) is -3.53. The quantitative estimate of drug-likeness (QED) is 0.912. The van der Waals surface area contributed by atoms with E-state index in [4.69, 9.17) is 0 Å². The molecule has 0 spiro atoms. The van der Waals surface area contributed by atoms with E-state index in [0.717, 1.165) is 23.7 Å². The molecular weight excluding hydrogens is 329 g/mol. The number of piperidine rings is 1. The van der Waals surface area contributed by atoms with Gasteiger partial charge in [0, 0.05) is 31.3 Å². The molecule has 128 valence electrons. The first kappa shape index (κ1) is 16.7. The van der Waals surface area contributed by atoms with Crippen LogP contribution in [0.1, 0.15) is 25.7 Å². The van der Waals surface area contributed by atoms with E-state index in [2.05, 4.69) is 5.32 Å². The minimum atomic E-state index is -4.29. The second-order valence-electron chi connectivity index (χ2n) is 6.14. The largest absolute Gasteiger partial charge is 0.314 e. The summed E-state index contributed by atoms with van der Waals surface area (Å²) in [7, 11) is -4.29. The van der Waals surface area contributed by atoms with Crippen molar-refractivity contribution in [1.82, 2.24) is 9.62 Å². The molecule has 2 saturated heterocycles. The molecule has 0 aliphatic carbocycles. The van der Waals surface area contributed by atoms with Crippen molar-refractivity contribution >= 4 is 10.0 Å². The zero-order valence-electron chi connectivity index (χ0n) is 12.6. The summed E-state index contributed by atoms with van der Waals surface area (Å²) in [6.07, 6.45) is 3.51. The maximum absolute atomic E-state index is 13.8. The summed E-state index contributed by atoms with van der Waals surface area (Å²) in [4.78, 5) is -1.06. The molecule has 1 unspecified atom stereocenters. The minimum Gasteiger partial charge on any atom is -0.314 e.